The number of carbonyl (C=O) groups is 2. The molecule has 0 heterocycles. The summed E-state index contributed by atoms with van der Waals surface area (Å²) in [6, 6.07) is 6.31. The van der Waals surface area contributed by atoms with E-state index in [1.807, 2.05) is 27.7 Å². The third kappa shape index (κ3) is 7.84. The molecule has 1 aromatic carbocycles. The van der Waals surface area contributed by atoms with Gasteiger partial charge in [0.15, 0.2) is 0 Å². The molecule has 0 saturated heterocycles. The first-order valence-corrected chi connectivity index (χ1v) is 6.84. The first kappa shape index (κ1) is 20.4. The maximum atomic E-state index is 11.7. The molecule has 0 aromatic heterocycles. The standard InChI is InChI=1S/C16H22O4.Ca.2H/c1-11(2)9-19-15(17)13-5-7-14(8-6-13)16(18)20-10-12(3)4;;;/h5-8,11-12H,9-10H2,1-4H3;;;/q;+2;2*-1. The Hall–Kier alpha value is -0.580. The summed E-state index contributed by atoms with van der Waals surface area (Å²) in [5.74, 6) is -0.157. The zero-order valence-electron chi connectivity index (χ0n) is 15.2. The Morgan fingerprint density at radius 1 is 0.857 bits per heavy atom. The van der Waals surface area contributed by atoms with E-state index in [9.17, 15) is 9.59 Å². The predicted molar refractivity (Wildman–Crippen MR) is 84.7 cm³/mol. The van der Waals surface area contributed by atoms with E-state index in [2.05, 4.69) is 0 Å². The second-order valence-electron chi connectivity index (χ2n) is 5.56. The first-order chi connectivity index (χ1) is 9.40. The molecular weight excluding hydrogens is 296 g/mol. The Balaban J connectivity index is -0.00000133. The minimum Gasteiger partial charge on any atom is -1.00 e. The maximum Gasteiger partial charge on any atom is 2.00 e. The number of esters is 2. The summed E-state index contributed by atoms with van der Waals surface area (Å²) in [6.45, 7) is 8.67. The molecule has 1 aromatic rings. The molecule has 0 amide bonds. The molecule has 1 rings (SSSR count). The summed E-state index contributed by atoms with van der Waals surface area (Å²) < 4.78 is 10.2. The van der Waals surface area contributed by atoms with Crippen LogP contribution in [0.25, 0.3) is 0 Å². The van der Waals surface area contributed by atoms with Crippen LogP contribution in [0, 0.1) is 11.8 Å². The van der Waals surface area contributed by atoms with Gasteiger partial charge in [-0.05, 0) is 36.1 Å². The molecule has 0 radical (unpaired) electrons. The van der Waals surface area contributed by atoms with Crippen molar-refractivity contribution in [3.8, 4) is 0 Å². The van der Waals surface area contributed by atoms with Gasteiger partial charge in [0, 0.05) is 0 Å². The minimum atomic E-state index is -0.374. The Morgan fingerprint density at radius 2 is 1.14 bits per heavy atom. The fourth-order valence-corrected chi connectivity index (χ4v) is 1.39. The van der Waals surface area contributed by atoms with Gasteiger partial charge in [-0.1, -0.05) is 27.7 Å². The van der Waals surface area contributed by atoms with Crippen LogP contribution >= 0.6 is 0 Å². The molecule has 0 unspecified atom stereocenters. The number of benzene rings is 1. The van der Waals surface area contributed by atoms with Gasteiger partial charge < -0.3 is 12.3 Å². The molecule has 0 saturated carbocycles. The van der Waals surface area contributed by atoms with Crippen molar-refractivity contribution < 1.29 is 21.9 Å². The molecule has 0 aliphatic heterocycles. The van der Waals surface area contributed by atoms with Crippen molar-refractivity contribution in [3.05, 3.63) is 35.4 Å². The van der Waals surface area contributed by atoms with Gasteiger partial charge >= 0.3 is 49.7 Å². The quantitative estimate of drug-likeness (QED) is 0.597. The molecule has 0 atom stereocenters. The van der Waals surface area contributed by atoms with E-state index in [0.717, 1.165) is 0 Å². The van der Waals surface area contributed by atoms with E-state index < -0.39 is 0 Å². The van der Waals surface area contributed by atoms with E-state index in [-0.39, 0.29) is 52.5 Å². The first-order valence-electron chi connectivity index (χ1n) is 6.84. The summed E-state index contributed by atoms with van der Waals surface area (Å²) in [7, 11) is 0. The van der Waals surface area contributed by atoms with Crippen LogP contribution in [0.2, 0.25) is 0 Å². The van der Waals surface area contributed by atoms with Gasteiger partial charge in [0.05, 0.1) is 24.3 Å². The zero-order chi connectivity index (χ0) is 15.1. The molecule has 0 aliphatic rings. The molecule has 114 valence electrons. The molecule has 4 nitrogen and oxygen atoms in total. The number of ether oxygens (including phenoxy) is 2. The van der Waals surface area contributed by atoms with E-state index in [1.165, 1.54) is 0 Å². The van der Waals surface area contributed by atoms with Crippen LogP contribution in [0.1, 0.15) is 51.3 Å². The van der Waals surface area contributed by atoms with E-state index in [1.54, 1.807) is 24.3 Å². The van der Waals surface area contributed by atoms with Crippen LogP contribution in [-0.4, -0.2) is 62.9 Å². The van der Waals surface area contributed by atoms with Gasteiger partial charge in [0.1, 0.15) is 0 Å². The van der Waals surface area contributed by atoms with Gasteiger partial charge in [0.25, 0.3) is 0 Å². The van der Waals surface area contributed by atoms with Crippen LogP contribution in [0.3, 0.4) is 0 Å². The van der Waals surface area contributed by atoms with Crippen molar-refractivity contribution in [2.75, 3.05) is 13.2 Å². The van der Waals surface area contributed by atoms with Crippen molar-refractivity contribution >= 4 is 49.7 Å². The number of rotatable bonds is 6. The van der Waals surface area contributed by atoms with Crippen molar-refractivity contribution in [1.82, 2.24) is 0 Å². The largest absolute Gasteiger partial charge is 2.00 e. The van der Waals surface area contributed by atoms with Crippen molar-refractivity contribution in [1.29, 1.82) is 0 Å². The summed E-state index contributed by atoms with van der Waals surface area (Å²) in [6.07, 6.45) is 0. The average molecular weight is 320 g/mol. The molecular formula is C16H24CaO4. The summed E-state index contributed by atoms with van der Waals surface area (Å²) in [5.41, 5.74) is 0.872. The van der Waals surface area contributed by atoms with Gasteiger partial charge in [-0.3, -0.25) is 0 Å². The topological polar surface area (TPSA) is 52.6 Å². The molecule has 0 bridgehead atoms. The summed E-state index contributed by atoms with van der Waals surface area (Å²) >= 11 is 0. The molecule has 0 fully saturated rings. The minimum absolute atomic E-state index is 0. The van der Waals surface area contributed by atoms with E-state index in [4.69, 9.17) is 9.47 Å². The normalized spacial score (nSPS) is 10.2. The summed E-state index contributed by atoms with van der Waals surface area (Å²) in [5, 5.41) is 0. The Bertz CT molecular complexity index is 419. The fourth-order valence-electron chi connectivity index (χ4n) is 1.39. The van der Waals surface area contributed by atoms with Crippen LogP contribution in [-0.2, 0) is 9.47 Å². The number of hydrogen-bond donors (Lipinski definition) is 0. The maximum absolute atomic E-state index is 11.7. The van der Waals surface area contributed by atoms with Crippen LogP contribution in [0.5, 0.6) is 0 Å². The van der Waals surface area contributed by atoms with Crippen LogP contribution in [0.4, 0.5) is 0 Å². The summed E-state index contributed by atoms with van der Waals surface area (Å²) in [4.78, 5) is 23.4. The zero-order valence-corrected chi connectivity index (χ0v) is 15.4. The Labute approximate surface area is 159 Å². The van der Waals surface area contributed by atoms with Gasteiger partial charge in [0.2, 0.25) is 0 Å². The molecule has 0 N–H and O–H groups in total. The van der Waals surface area contributed by atoms with Crippen LogP contribution < -0.4 is 0 Å². The van der Waals surface area contributed by atoms with Crippen molar-refractivity contribution in [3.63, 3.8) is 0 Å². The van der Waals surface area contributed by atoms with Crippen LogP contribution in [0.15, 0.2) is 24.3 Å². The SMILES string of the molecule is CC(C)COC(=O)c1ccc(C(=O)OCC(C)C)cc1.[Ca+2].[H-].[H-]. The molecule has 0 aliphatic carbocycles. The van der Waals surface area contributed by atoms with Gasteiger partial charge in [-0.25, -0.2) is 9.59 Å². The van der Waals surface area contributed by atoms with Gasteiger partial charge in [-0.15, -0.1) is 0 Å². The monoisotopic (exact) mass is 320 g/mol. The Morgan fingerprint density at radius 3 is 1.38 bits per heavy atom. The predicted octanol–water partition coefficient (Wildman–Crippen LogP) is 3.16. The number of hydrogen-bond acceptors (Lipinski definition) is 4. The second-order valence-corrected chi connectivity index (χ2v) is 5.56. The third-order valence-corrected chi connectivity index (χ3v) is 2.45. The Kier molecular flexibility index (Phi) is 9.92. The molecule has 0 spiro atoms. The van der Waals surface area contributed by atoms with Crippen molar-refractivity contribution in [2.45, 2.75) is 27.7 Å². The van der Waals surface area contributed by atoms with E-state index >= 15 is 0 Å². The smallest absolute Gasteiger partial charge is 1.00 e. The molecule has 5 heteroatoms. The third-order valence-electron chi connectivity index (χ3n) is 2.45. The van der Waals surface area contributed by atoms with Gasteiger partial charge in [-0.2, -0.15) is 0 Å². The van der Waals surface area contributed by atoms with E-state index in [0.29, 0.717) is 36.2 Å². The molecule has 21 heavy (non-hydrogen) atoms. The fraction of sp³-hybridized carbons (Fsp3) is 0.500. The average Bonchev–Trinajstić information content (AvgIpc) is 2.42. The number of carbonyl (C=O) groups excluding carboxylic acids is 2. The van der Waals surface area contributed by atoms with Crippen molar-refractivity contribution in [2.24, 2.45) is 11.8 Å². The second kappa shape index (κ2) is 10.2.